The highest BCUT2D eigenvalue weighted by Gasteiger charge is 2.26. The minimum atomic E-state index is -0.535. The molecule has 4 N–H and O–H groups in total. The molecule has 2 rings (SSSR count). The first kappa shape index (κ1) is 12.6. The van der Waals surface area contributed by atoms with E-state index in [1.54, 1.807) is 4.90 Å². The van der Waals surface area contributed by atoms with Crippen molar-refractivity contribution < 1.29 is 9.59 Å². The first-order valence-electron chi connectivity index (χ1n) is 6.01. The van der Waals surface area contributed by atoms with Gasteiger partial charge in [-0.05, 0) is 19.9 Å². The third-order valence-corrected chi connectivity index (χ3v) is 3.04. The number of hydrogen-bond donors (Lipinski definition) is 3. The Morgan fingerprint density at radius 3 is 2.44 bits per heavy atom. The second-order valence-corrected chi connectivity index (χ2v) is 4.85. The van der Waals surface area contributed by atoms with Crippen molar-refractivity contribution in [3.05, 3.63) is 23.5 Å². The van der Waals surface area contributed by atoms with Gasteiger partial charge in [0.05, 0.1) is 5.56 Å². The Morgan fingerprint density at radius 1 is 1.33 bits per heavy atom. The summed E-state index contributed by atoms with van der Waals surface area (Å²) in [6.07, 6.45) is 1.46. The van der Waals surface area contributed by atoms with Crippen LogP contribution in [0.15, 0.2) is 12.3 Å². The lowest BCUT2D eigenvalue weighted by molar-refractivity contribution is 0.0668. The summed E-state index contributed by atoms with van der Waals surface area (Å²) < 4.78 is 0. The Bertz CT molecular complexity index is 458. The number of aromatic amines is 1. The van der Waals surface area contributed by atoms with Crippen molar-refractivity contribution in [1.82, 2.24) is 15.2 Å². The summed E-state index contributed by atoms with van der Waals surface area (Å²) in [7, 11) is 0. The lowest BCUT2D eigenvalue weighted by atomic mass is 10.1. The quantitative estimate of drug-likeness (QED) is 0.686. The number of rotatable bonds is 2. The van der Waals surface area contributed by atoms with Crippen molar-refractivity contribution in [3.8, 4) is 0 Å². The number of carbonyl (C=O) groups is 2. The monoisotopic (exact) mass is 250 g/mol. The summed E-state index contributed by atoms with van der Waals surface area (Å²) in [6.45, 7) is 5.40. The van der Waals surface area contributed by atoms with Crippen LogP contribution in [0.1, 0.15) is 34.7 Å². The smallest absolute Gasteiger partial charge is 0.270 e. The molecule has 1 fully saturated rings. The number of primary amides is 1. The molecule has 6 heteroatoms. The molecule has 0 spiro atoms. The predicted molar refractivity (Wildman–Crippen MR) is 67.3 cm³/mol. The number of hydrogen-bond acceptors (Lipinski definition) is 3. The summed E-state index contributed by atoms with van der Waals surface area (Å²) in [5, 5.41) is 3.36. The van der Waals surface area contributed by atoms with Crippen molar-refractivity contribution in [1.29, 1.82) is 0 Å². The van der Waals surface area contributed by atoms with Crippen LogP contribution >= 0.6 is 0 Å². The molecular weight excluding hydrogens is 232 g/mol. The molecule has 0 unspecified atom stereocenters. The van der Waals surface area contributed by atoms with Gasteiger partial charge in [-0.1, -0.05) is 0 Å². The summed E-state index contributed by atoms with van der Waals surface area (Å²) in [4.78, 5) is 27.8. The third-order valence-electron chi connectivity index (χ3n) is 3.04. The van der Waals surface area contributed by atoms with Crippen LogP contribution < -0.4 is 11.1 Å². The van der Waals surface area contributed by atoms with Crippen LogP contribution in [0.5, 0.6) is 0 Å². The van der Waals surface area contributed by atoms with Crippen molar-refractivity contribution in [2.75, 3.05) is 13.1 Å². The summed E-state index contributed by atoms with van der Waals surface area (Å²) in [5.74, 6) is -0.630. The fourth-order valence-corrected chi connectivity index (χ4v) is 2.32. The average Bonchev–Trinajstić information content (AvgIpc) is 2.75. The SMILES string of the molecule is C[C@H]1CN(C(=O)c2cc(C(N)=O)c[nH]2)C[C@H](C)N1. The van der Waals surface area contributed by atoms with Crippen LogP contribution in [0.3, 0.4) is 0 Å². The van der Waals surface area contributed by atoms with Gasteiger partial charge in [0.15, 0.2) is 0 Å². The number of nitrogens with two attached hydrogens (primary N) is 1. The largest absolute Gasteiger partial charge is 0.366 e. The fraction of sp³-hybridized carbons (Fsp3) is 0.500. The van der Waals surface area contributed by atoms with Gasteiger partial charge in [-0.15, -0.1) is 0 Å². The predicted octanol–water partition coefficient (Wildman–Crippen LogP) is -0.0640. The van der Waals surface area contributed by atoms with E-state index in [0.717, 1.165) is 0 Å². The van der Waals surface area contributed by atoms with E-state index in [1.165, 1.54) is 12.3 Å². The van der Waals surface area contributed by atoms with Gasteiger partial charge < -0.3 is 20.9 Å². The molecule has 0 aromatic carbocycles. The normalized spacial score (nSPS) is 24.0. The van der Waals surface area contributed by atoms with Crippen LogP contribution in [0, 0.1) is 0 Å². The number of piperazine rings is 1. The van der Waals surface area contributed by atoms with Crippen LogP contribution in [0.2, 0.25) is 0 Å². The number of amides is 2. The molecule has 0 radical (unpaired) electrons. The molecule has 6 nitrogen and oxygen atoms in total. The van der Waals surface area contributed by atoms with Crippen LogP contribution in [0.4, 0.5) is 0 Å². The molecule has 0 saturated carbocycles. The van der Waals surface area contributed by atoms with Gasteiger partial charge >= 0.3 is 0 Å². The molecule has 2 atom stereocenters. The van der Waals surface area contributed by atoms with Crippen molar-refractivity contribution >= 4 is 11.8 Å². The first-order valence-corrected chi connectivity index (χ1v) is 6.01. The molecule has 1 aromatic heterocycles. The molecule has 1 aromatic rings. The van der Waals surface area contributed by atoms with Gasteiger partial charge in [0.1, 0.15) is 5.69 Å². The van der Waals surface area contributed by atoms with Gasteiger partial charge in [-0.25, -0.2) is 0 Å². The number of nitrogens with zero attached hydrogens (tertiary/aromatic N) is 1. The molecule has 1 saturated heterocycles. The molecule has 0 bridgehead atoms. The van der Waals surface area contributed by atoms with Gasteiger partial charge in [-0.3, -0.25) is 9.59 Å². The minimum absolute atomic E-state index is 0.0947. The zero-order chi connectivity index (χ0) is 13.3. The summed E-state index contributed by atoms with van der Waals surface area (Å²) in [6, 6.07) is 2.04. The highest BCUT2D eigenvalue weighted by atomic mass is 16.2. The minimum Gasteiger partial charge on any atom is -0.366 e. The van der Waals surface area contributed by atoms with E-state index < -0.39 is 5.91 Å². The van der Waals surface area contributed by atoms with E-state index in [0.29, 0.717) is 24.3 Å². The number of aromatic nitrogens is 1. The summed E-state index contributed by atoms with van der Waals surface area (Å²) in [5.41, 5.74) is 5.89. The molecule has 1 aliphatic rings. The van der Waals surface area contributed by atoms with E-state index >= 15 is 0 Å². The average molecular weight is 250 g/mol. The molecule has 0 aliphatic carbocycles. The fourth-order valence-electron chi connectivity index (χ4n) is 2.32. The third kappa shape index (κ3) is 2.53. The van der Waals surface area contributed by atoms with E-state index in [1.807, 2.05) is 13.8 Å². The van der Waals surface area contributed by atoms with Crippen LogP contribution in [-0.4, -0.2) is 46.9 Å². The maximum atomic E-state index is 12.2. The van der Waals surface area contributed by atoms with Gasteiger partial charge in [0.25, 0.3) is 5.91 Å². The highest BCUT2D eigenvalue weighted by Crippen LogP contribution is 2.11. The van der Waals surface area contributed by atoms with Crippen molar-refractivity contribution in [2.24, 2.45) is 5.73 Å². The Balaban J connectivity index is 2.12. The Hall–Kier alpha value is -1.82. The Kier molecular flexibility index (Phi) is 3.38. The Labute approximate surface area is 106 Å². The van der Waals surface area contributed by atoms with Crippen molar-refractivity contribution in [3.63, 3.8) is 0 Å². The highest BCUT2D eigenvalue weighted by molar-refractivity contribution is 5.98. The van der Waals surface area contributed by atoms with Crippen LogP contribution in [0.25, 0.3) is 0 Å². The maximum Gasteiger partial charge on any atom is 0.270 e. The van der Waals surface area contributed by atoms with E-state index in [9.17, 15) is 9.59 Å². The molecule has 1 aliphatic heterocycles. The van der Waals surface area contributed by atoms with Gasteiger partial charge in [-0.2, -0.15) is 0 Å². The molecule has 2 amide bonds. The first-order chi connectivity index (χ1) is 8.47. The standard InChI is InChI=1S/C12H18N4O2/c1-7-5-16(6-8(2)15-7)12(18)10-3-9(4-14-10)11(13)17/h3-4,7-8,14-15H,5-6H2,1-2H3,(H2,13,17)/t7-,8-/m0/s1. The molecule has 2 heterocycles. The van der Waals surface area contributed by atoms with E-state index in [2.05, 4.69) is 10.3 Å². The number of carbonyl (C=O) groups excluding carboxylic acids is 2. The van der Waals surface area contributed by atoms with E-state index in [-0.39, 0.29) is 18.0 Å². The van der Waals surface area contributed by atoms with Gasteiger partial charge in [0.2, 0.25) is 5.91 Å². The summed E-state index contributed by atoms with van der Waals surface area (Å²) >= 11 is 0. The number of H-pyrrole nitrogens is 1. The zero-order valence-corrected chi connectivity index (χ0v) is 10.6. The lowest BCUT2D eigenvalue weighted by Crippen LogP contribution is -2.55. The van der Waals surface area contributed by atoms with E-state index in [4.69, 9.17) is 5.73 Å². The molecule has 98 valence electrons. The second-order valence-electron chi connectivity index (χ2n) is 4.85. The molecular formula is C12H18N4O2. The second kappa shape index (κ2) is 4.81. The number of nitrogens with one attached hydrogen (secondary N) is 2. The zero-order valence-electron chi connectivity index (χ0n) is 10.6. The van der Waals surface area contributed by atoms with Gasteiger partial charge in [0, 0.05) is 31.4 Å². The van der Waals surface area contributed by atoms with Crippen molar-refractivity contribution in [2.45, 2.75) is 25.9 Å². The Morgan fingerprint density at radius 2 is 1.94 bits per heavy atom. The lowest BCUT2D eigenvalue weighted by Gasteiger charge is -2.35. The topological polar surface area (TPSA) is 91.2 Å². The van der Waals surface area contributed by atoms with Crippen LogP contribution in [-0.2, 0) is 0 Å². The molecule has 18 heavy (non-hydrogen) atoms. The maximum absolute atomic E-state index is 12.2.